The molecule has 20 heavy (non-hydrogen) atoms. The number of halogens is 1. The molecule has 2 aromatic rings. The van der Waals surface area contributed by atoms with Crippen molar-refractivity contribution in [2.45, 2.75) is 32.2 Å². The lowest BCUT2D eigenvalue weighted by Gasteiger charge is -2.11. The van der Waals surface area contributed by atoms with Crippen LogP contribution in [0.25, 0.3) is 0 Å². The minimum absolute atomic E-state index is 0.0686. The number of aromatic nitrogens is 2. The van der Waals surface area contributed by atoms with Gasteiger partial charge in [-0.05, 0) is 37.1 Å². The summed E-state index contributed by atoms with van der Waals surface area (Å²) >= 11 is 0. The molecule has 0 aliphatic heterocycles. The van der Waals surface area contributed by atoms with E-state index in [1.54, 1.807) is 20.8 Å². The van der Waals surface area contributed by atoms with Gasteiger partial charge in [0, 0.05) is 6.92 Å². The summed E-state index contributed by atoms with van der Waals surface area (Å²) in [5.74, 6) is 0.129. The third-order valence-corrected chi connectivity index (χ3v) is 4.39. The van der Waals surface area contributed by atoms with Crippen LogP contribution in [0.4, 0.5) is 4.39 Å². The van der Waals surface area contributed by atoms with Gasteiger partial charge in [0.15, 0.2) is 5.82 Å². The lowest BCUT2D eigenvalue weighted by atomic mass is 10.1. The molecule has 8 heteroatoms. The summed E-state index contributed by atoms with van der Waals surface area (Å²) in [6, 6.07) is 2.36. The van der Waals surface area contributed by atoms with Crippen LogP contribution in [-0.2, 0) is 16.6 Å². The predicted octanol–water partition coefficient (Wildman–Crippen LogP) is 1.61. The third kappa shape index (κ3) is 3.02. The zero-order valence-corrected chi connectivity index (χ0v) is 12.1. The lowest BCUT2D eigenvalue weighted by Crippen LogP contribution is -2.25. The first-order valence-electron chi connectivity index (χ1n) is 5.85. The first-order chi connectivity index (χ1) is 9.29. The quantitative estimate of drug-likeness (QED) is 0.927. The van der Waals surface area contributed by atoms with Gasteiger partial charge in [0.1, 0.15) is 5.82 Å². The van der Waals surface area contributed by atoms with E-state index >= 15 is 0 Å². The van der Waals surface area contributed by atoms with Gasteiger partial charge in [-0.2, -0.15) is 4.98 Å². The number of benzene rings is 1. The Hall–Kier alpha value is -1.80. The molecule has 0 aliphatic carbocycles. The molecule has 6 nitrogen and oxygen atoms in total. The van der Waals surface area contributed by atoms with Crippen molar-refractivity contribution in [1.29, 1.82) is 0 Å². The van der Waals surface area contributed by atoms with E-state index in [4.69, 9.17) is 4.52 Å². The highest BCUT2D eigenvalue weighted by Crippen LogP contribution is 2.21. The monoisotopic (exact) mass is 299 g/mol. The second kappa shape index (κ2) is 5.29. The molecule has 108 valence electrons. The molecule has 0 bridgehead atoms. The molecule has 0 spiro atoms. The summed E-state index contributed by atoms with van der Waals surface area (Å²) in [5.41, 5.74) is 0.693. The van der Waals surface area contributed by atoms with Crippen molar-refractivity contribution in [3.63, 3.8) is 0 Å². The molecule has 1 aromatic heterocycles. The summed E-state index contributed by atoms with van der Waals surface area (Å²) in [7, 11) is -3.77. The second-order valence-corrected chi connectivity index (χ2v) is 6.13. The van der Waals surface area contributed by atoms with Crippen LogP contribution in [0.15, 0.2) is 21.6 Å². The Bertz CT molecular complexity index is 717. The van der Waals surface area contributed by atoms with Crippen molar-refractivity contribution in [2.24, 2.45) is 0 Å². The van der Waals surface area contributed by atoms with Crippen molar-refractivity contribution >= 4 is 10.0 Å². The third-order valence-electron chi connectivity index (χ3n) is 2.68. The maximum Gasteiger partial charge on any atom is 0.241 e. The maximum absolute atomic E-state index is 13.2. The van der Waals surface area contributed by atoms with Crippen LogP contribution in [-0.4, -0.2) is 18.6 Å². The number of hydrogen-bond donors (Lipinski definition) is 1. The van der Waals surface area contributed by atoms with Crippen LogP contribution in [0.5, 0.6) is 0 Å². The summed E-state index contributed by atoms with van der Waals surface area (Å²) in [6.07, 6.45) is 0. The highest BCUT2D eigenvalue weighted by atomic mass is 32.2. The molecule has 0 unspecified atom stereocenters. The topological polar surface area (TPSA) is 85.1 Å². The molecule has 0 saturated heterocycles. The SMILES string of the molecule is Cc1nc(CNS(=O)(=O)c2c(C)cc(F)cc2C)no1. The largest absolute Gasteiger partial charge is 0.340 e. The van der Waals surface area contributed by atoms with E-state index in [0.29, 0.717) is 17.0 Å². The van der Waals surface area contributed by atoms with Crippen LogP contribution in [0.2, 0.25) is 0 Å². The van der Waals surface area contributed by atoms with Gasteiger partial charge in [-0.1, -0.05) is 5.16 Å². The number of hydrogen-bond acceptors (Lipinski definition) is 5. The molecule has 0 amide bonds. The fourth-order valence-corrected chi connectivity index (χ4v) is 3.40. The minimum Gasteiger partial charge on any atom is -0.340 e. The molecule has 0 fully saturated rings. The van der Waals surface area contributed by atoms with Gasteiger partial charge in [-0.3, -0.25) is 0 Å². The van der Waals surface area contributed by atoms with Crippen molar-refractivity contribution in [1.82, 2.24) is 14.9 Å². The Morgan fingerprint density at radius 3 is 2.35 bits per heavy atom. The van der Waals surface area contributed by atoms with Gasteiger partial charge in [0.2, 0.25) is 15.9 Å². The summed E-state index contributed by atoms with van der Waals surface area (Å²) < 4.78 is 44.8. The first kappa shape index (κ1) is 14.6. The highest BCUT2D eigenvalue weighted by molar-refractivity contribution is 7.89. The molecule has 1 N–H and O–H groups in total. The zero-order chi connectivity index (χ0) is 14.9. The Balaban J connectivity index is 2.27. The summed E-state index contributed by atoms with van der Waals surface area (Å²) in [4.78, 5) is 3.97. The van der Waals surface area contributed by atoms with Gasteiger partial charge >= 0.3 is 0 Å². The second-order valence-electron chi connectivity index (χ2n) is 4.42. The minimum atomic E-state index is -3.77. The predicted molar refractivity (Wildman–Crippen MR) is 68.9 cm³/mol. The molecule has 0 radical (unpaired) electrons. The number of sulfonamides is 1. The Morgan fingerprint density at radius 1 is 1.25 bits per heavy atom. The molecule has 1 heterocycles. The van der Waals surface area contributed by atoms with Crippen LogP contribution in [0.3, 0.4) is 0 Å². The Labute approximate surface area is 116 Å². The Morgan fingerprint density at radius 2 is 1.85 bits per heavy atom. The van der Waals surface area contributed by atoms with E-state index in [1.807, 2.05) is 0 Å². The normalized spacial score (nSPS) is 11.8. The van der Waals surface area contributed by atoms with E-state index < -0.39 is 15.8 Å². The first-order valence-corrected chi connectivity index (χ1v) is 7.33. The molecular formula is C12H14FN3O3S. The van der Waals surface area contributed by atoms with Crippen LogP contribution >= 0.6 is 0 Å². The zero-order valence-electron chi connectivity index (χ0n) is 11.3. The number of rotatable bonds is 4. The fourth-order valence-electron chi connectivity index (χ4n) is 1.97. The van der Waals surface area contributed by atoms with Crippen LogP contribution < -0.4 is 4.72 Å². The number of nitrogens with one attached hydrogen (secondary N) is 1. The van der Waals surface area contributed by atoms with Crippen molar-refractivity contribution in [2.75, 3.05) is 0 Å². The van der Waals surface area contributed by atoms with Gasteiger partial charge < -0.3 is 4.52 Å². The van der Waals surface area contributed by atoms with Crippen molar-refractivity contribution in [3.8, 4) is 0 Å². The molecule has 0 aliphatic rings. The fraction of sp³-hybridized carbons (Fsp3) is 0.333. The van der Waals surface area contributed by atoms with Crippen LogP contribution in [0, 0.1) is 26.6 Å². The highest BCUT2D eigenvalue weighted by Gasteiger charge is 2.20. The van der Waals surface area contributed by atoms with Gasteiger partial charge in [0.05, 0.1) is 11.4 Å². The van der Waals surface area contributed by atoms with E-state index in [2.05, 4.69) is 14.9 Å². The van der Waals surface area contributed by atoms with E-state index in [0.717, 1.165) is 0 Å². The number of aryl methyl sites for hydroxylation is 3. The van der Waals surface area contributed by atoms with Crippen molar-refractivity contribution < 1.29 is 17.3 Å². The van der Waals surface area contributed by atoms with Gasteiger partial charge in [-0.15, -0.1) is 0 Å². The average Bonchev–Trinajstić information content (AvgIpc) is 2.71. The molecule has 2 rings (SSSR count). The molecular weight excluding hydrogens is 285 g/mol. The summed E-state index contributed by atoms with van der Waals surface area (Å²) in [6.45, 7) is 4.61. The smallest absolute Gasteiger partial charge is 0.241 e. The van der Waals surface area contributed by atoms with E-state index in [9.17, 15) is 12.8 Å². The standard InChI is InChI=1S/C12H14FN3O3S/c1-7-4-10(13)5-8(2)12(7)20(17,18)14-6-11-15-9(3)19-16-11/h4-5,14H,6H2,1-3H3. The Kier molecular flexibility index (Phi) is 3.87. The van der Waals surface area contributed by atoms with Gasteiger partial charge in [0.25, 0.3) is 0 Å². The molecule has 1 aromatic carbocycles. The van der Waals surface area contributed by atoms with E-state index in [-0.39, 0.29) is 17.3 Å². The lowest BCUT2D eigenvalue weighted by molar-refractivity contribution is 0.387. The molecule has 0 atom stereocenters. The summed E-state index contributed by atoms with van der Waals surface area (Å²) in [5, 5.41) is 3.60. The average molecular weight is 299 g/mol. The maximum atomic E-state index is 13.2. The van der Waals surface area contributed by atoms with E-state index in [1.165, 1.54) is 12.1 Å². The van der Waals surface area contributed by atoms with Gasteiger partial charge in [-0.25, -0.2) is 17.5 Å². The van der Waals surface area contributed by atoms with Crippen molar-refractivity contribution in [3.05, 3.63) is 40.8 Å². The van der Waals surface area contributed by atoms with Crippen LogP contribution in [0.1, 0.15) is 22.8 Å². The number of nitrogens with zero attached hydrogens (tertiary/aromatic N) is 2. The molecule has 0 saturated carbocycles.